The van der Waals surface area contributed by atoms with Crippen LogP contribution in [0, 0.1) is 0 Å². The maximum Gasteiger partial charge on any atom is 0.433 e. The number of piperazine rings is 1. The first-order valence-corrected chi connectivity index (χ1v) is 12.0. The average Bonchev–Trinajstić information content (AvgIpc) is 3.20. The first-order chi connectivity index (χ1) is 16.6. The minimum absolute atomic E-state index is 0.142. The summed E-state index contributed by atoms with van der Waals surface area (Å²) in [5, 5.41) is 13.3. The molecular formula is C18H13F6N5O5S2. The number of sulfonamides is 1. The first-order valence-electron chi connectivity index (χ1n) is 9.74. The number of fused-ring (bicyclic) bond motifs is 1. The zero-order valence-electron chi connectivity index (χ0n) is 17.5. The van der Waals surface area contributed by atoms with Crippen molar-refractivity contribution in [1.82, 2.24) is 18.9 Å². The molecule has 4 rings (SSSR count). The molecule has 10 nitrogen and oxygen atoms in total. The van der Waals surface area contributed by atoms with Crippen LogP contribution in [0.1, 0.15) is 11.3 Å². The number of nitrogens with zero attached hydrogens (tertiary/aromatic N) is 5. The lowest BCUT2D eigenvalue weighted by Crippen LogP contribution is -2.58. The molecule has 194 valence electrons. The highest BCUT2D eigenvalue weighted by Gasteiger charge is 2.42. The van der Waals surface area contributed by atoms with Crippen LogP contribution < -0.4 is 10.5 Å². The van der Waals surface area contributed by atoms with E-state index in [1.807, 2.05) is 0 Å². The summed E-state index contributed by atoms with van der Waals surface area (Å²) in [5.41, 5.74) is -3.64. The van der Waals surface area contributed by atoms with Gasteiger partial charge in [-0.1, -0.05) is 11.3 Å². The Morgan fingerprint density at radius 1 is 1.06 bits per heavy atom. The average molecular weight is 557 g/mol. The fourth-order valence-corrected chi connectivity index (χ4v) is 6.02. The van der Waals surface area contributed by atoms with Gasteiger partial charge in [-0.05, 0) is 24.3 Å². The Labute approximate surface area is 201 Å². The van der Waals surface area contributed by atoms with Gasteiger partial charge in [-0.25, -0.2) is 8.42 Å². The fourth-order valence-electron chi connectivity index (χ4n) is 3.52. The van der Waals surface area contributed by atoms with Crippen molar-refractivity contribution in [2.24, 2.45) is 0 Å². The van der Waals surface area contributed by atoms with Crippen LogP contribution in [0.3, 0.4) is 0 Å². The van der Waals surface area contributed by atoms with Gasteiger partial charge in [0.2, 0.25) is 20.1 Å². The van der Waals surface area contributed by atoms with E-state index in [9.17, 15) is 49.5 Å². The third-order valence-electron chi connectivity index (χ3n) is 5.21. The molecule has 0 amide bonds. The van der Waals surface area contributed by atoms with E-state index in [4.69, 9.17) is 0 Å². The monoisotopic (exact) mass is 557 g/mol. The second-order valence-electron chi connectivity index (χ2n) is 7.49. The molecule has 18 heteroatoms. The molecule has 0 unspecified atom stereocenters. The van der Waals surface area contributed by atoms with Crippen LogP contribution in [0.25, 0.3) is 4.96 Å². The van der Waals surface area contributed by atoms with Gasteiger partial charge in [-0.2, -0.15) is 40.1 Å². The highest BCUT2D eigenvalue weighted by molar-refractivity contribution is 7.89. The molecule has 3 aromatic rings. The van der Waals surface area contributed by atoms with Crippen molar-refractivity contribution in [2.45, 2.75) is 23.3 Å². The third kappa shape index (κ3) is 4.74. The second-order valence-corrected chi connectivity index (χ2v) is 10.3. The summed E-state index contributed by atoms with van der Waals surface area (Å²) in [5.74, 6) is -1.60. The number of halogens is 6. The van der Waals surface area contributed by atoms with Gasteiger partial charge in [-0.15, -0.1) is 5.10 Å². The number of carboxylic acid groups (broad SMARTS) is 1. The topological polar surface area (TPSA) is 125 Å². The van der Waals surface area contributed by atoms with Gasteiger partial charge in [-0.3, -0.25) is 9.59 Å². The number of hydrogen-bond donors (Lipinski definition) is 1. The highest BCUT2D eigenvalue weighted by Crippen LogP contribution is 2.33. The molecule has 0 radical (unpaired) electrons. The minimum atomic E-state index is -4.94. The first kappa shape index (κ1) is 25.8. The SMILES string of the molecule is O=C(O)[C@H]1CN(c2nn3c(C(F)(F)F)cc(=O)nc3s2)CCN1S(=O)(=O)c1ccc(C(F)(F)F)cc1. The Kier molecular flexibility index (Phi) is 6.24. The van der Waals surface area contributed by atoms with Gasteiger partial charge in [0.15, 0.2) is 5.69 Å². The summed E-state index contributed by atoms with van der Waals surface area (Å²) in [4.78, 5) is 27.2. The molecule has 1 N–H and O–H groups in total. The number of alkyl halides is 6. The number of hydrogen-bond acceptors (Lipinski definition) is 8. The lowest BCUT2D eigenvalue weighted by molar-refractivity contribution is -0.143. The molecule has 0 aliphatic carbocycles. The summed E-state index contributed by atoms with van der Waals surface area (Å²) >= 11 is 0.570. The van der Waals surface area contributed by atoms with Crippen LogP contribution in [0.4, 0.5) is 31.5 Å². The van der Waals surface area contributed by atoms with Crippen LogP contribution in [0.5, 0.6) is 0 Å². The molecule has 2 aromatic heterocycles. The smallest absolute Gasteiger partial charge is 0.433 e. The van der Waals surface area contributed by atoms with Gasteiger partial charge in [0.25, 0.3) is 5.56 Å². The van der Waals surface area contributed by atoms with E-state index in [0.29, 0.717) is 44.4 Å². The van der Waals surface area contributed by atoms with Crippen LogP contribution in [-0.4, -0.2) is 64.1 Å². The molecule has 1 aliphatic rings. The van der Waals surface area contributed by atoms with Crippen molar-refractivity contribution in [3.05, 3.63) is 51.9 Å². The third-order valence-corrected chi connectivity index (χ3v) is 8.10. The van der Waals surface area contributed by atoms with Crippen molar-refractivity contribution in [3.8, 4) is 0 Å². The van der Waals surface area contributed by atoms with Crippen LogP contribution in [0.15, 0.2) is 40.0 Å². The quantitative estimate of drug-likeness (QED) is 0.484. The number of aromatic nitrogens is 3. The Hall–Kier alpha value is -3.25. The molecule has 36 heavy (non-hydrogen) atoms. The van der Waals surface area contributed by atoms with E-state index in [1.54, 1.807) is 0 Å². The molecule has 3 heterocycles. The molecular weight excluding hydrogens is 544 g/mol. The maximum absolute atomic E-state index is 13.3. The summed E-state index contributed by atoms with van der Waals surface area (Å²) < 4.78 is 105. The van der Waals surface area contributed by atoms with Crippen molar-refractivity contribution in [1.29, 1.82) is 0 Å². The largest absolute Gasteiger partial charge is 0.480 e. The van der Waals surface area contributed by atoms with Crippen LogP contribution >= 0.6 is 11.3 Å². The molecule has 1 saturated heterocycles. The predicted octanol–water partition coefficient (Wildman–Crippen LogP) is 2.15. The highest BCUT2D eigenvalue weighted by atomic mass is 32.2. The number of carboxylic acids is 1. The Bertz CT molecular complexity index is 1480. The van der Waals surface area contributed by atoms with Crippen molar-refractivity contribution < 1.29 is 44.7 Å². The normalized spacial score (nSPS) is 18.1. The zero-order chi connectivity index (χ0) is 26.6. The number of rotatable bonds is 4. The zero-order valence-corrected chi connectivity index (χ0v) is 19.1. The van der Waals surface area contributed by atoms with Crippen molar-refractivity contribution in [3.63, 3.8) is 0 Å². The van der Waals surface area contributed by atoms with Gasteiger partial charge in [0.1, 0.15) is 6.04 Å². The van der Waals surface area contributed by atoms with Crippen molar-refractivity contribution >= 4 is 37.4 Å². The van der Waals surface area contributed by atoms with Gasteiger partial charge in [0.05, 0.1) is 10.5 Å². The summed E-state index contributed by atoms with van der Waals surface area (Å²) in [6.07, 6.45) is -9.64. The lowest BCUT2D eigenvalue weighted by Gasteiger charge is -2.38. The predicted molar refractivity (Wildman–Crippen MR) is 111 cm³/mol. The minimum Gasteiger partial charge on any atom is -0.480 e. The molecule has 1 aliphatic heterocycles. The van der Waals surface area contributed by atoms with E-state index >= 15 is 0 Å². The van der Waals surface area contributed by atoms with Crippen LogP contribution in [-0.2, 0) is 27.2 Å². The molecule has 1 atom stereocenters. The lowest BCUT2D eigenvalue weighted by atomic mass is 10.2. The molecule has 0 bridgehead atoms. The summed E-state index contributed by atoms with van der Waals surface area (Å²) in [6, 6.07) is 1.02. The number of anilines is 1. The Balaban J connectivity index is 1.65. The Morgan fingerprint density at radius 3 is 2.25 bits per heavy atom. The molecule has 1 fully saturated rings. The van der Waals surface area contributed by atoms with E-state index in [2.05, 4.69) is 10.1 Å². The summed E-state index contributed by atoms with van der Waals surface area (Å²) in [7, 11) is -4.55. The van der Waals surface area contributed by atoms with E-state index in [-0.39, 0.29) is 17.7 Å². The standard InChI is InChI=1S/C18H13F6N5O5S2/c19-17(20,21)9-1-3-10(4-2-9)36(33,34)28-6-5-27(8-11(28)14(31)32)16-26-29-12(18(22,23)24)7-13(30)25-15(29)35-16/h1-4,7,11H,5-6,8H2,(H,31,32)/t11-/m1/s1. The van der Waals surface area contributed by atoms with Gasteiger partial charge < -0.3 is 10.0 Å². The Morgan fingerprint density at radius 2 is 1.69 bits per heavy atom. The van der Waals surface area contributed by atoms with E-state index < -0.39 is 74.1 Å². The molecule has 0 spiro atoms. The number of aliphatic carboxylic acids is 1. The van der Waals surface area contributed by atoms with Crippen molar-refractivity contribution in [2.75, 3.05) is 24.5 Å². The van der Waals surface area contributed by atoms with E-state index in [1.165, 1.54) is 4.90 Å². The van der Waals surface area contributed by atoms with E-state index in [0.717, 1.165) is 0 Å². The number of carbonyl (C=O) groups is 1. The molecule has 0 saturated carbocycles. The summed E-state index contributed by atoms with van der Waals surface area (Å²) in [6.45, 7) is -1.22. The number of benzene rings is 1. The second kappa shape index (κ2) is 8.70. The molecule has 1 aromatic carbocycles. The maximum atomic E-state index is 13.3. The van der Waals surface area contributed by atoms with Gasteiger partial charge >= 0.3 is 18.3 Å². The van der Waals surface area contributed by atoms with Crippen LogP contribution in [0.2, 0.25) is 0 Å². The fraction of sp³-hybridized carbons (Fsp3) is 0.333. The van der Waals surface area contributed by atoms with Gasteiger partial charge in [0, 0.05) is 25.7 Å².